The third-order valence-corrected chi connectivity index (χ3v) is 2.86. The summed E-state index contributed by atoms with van der Waals surface area (Å²) in [7, 11) is 1.89. The number of aliphatic hydroxyl groups excluding tert-OH is 1. The van der Waals surface area contributed by atoms with E-state index in [0.29, 0.717) is 0 Å². The van der Waals surface area contributed by atoms with Crippen LogP contribution in [-0.2, 0) is 7.05 Å². The highest BCUT2D eigenvalue weighted by Gasteiger charge is 2.18. The largest absolute Gasteiger partial charge is 0.385 e. The molecule has 90 valence electrons. The van der Waals surface area contributed by atoms with Gasteiger partial charge in [0.25, 0.3) is 0 Å². The summed E-state index contributed by atoms with van der Waals surface area (Å²) in [6.07, 6.45) is 0.987. The van der Waals surface area contributed by atoms with Crippen molar-refractivity contribution in [1.82, 2.24) is 9.55 Å². The van der Waals surface area contributed by atoms with E-state index in [0.717, 1.165) is 17.1 Å². The summed E-state index contributed by atoms with van der Waals surface area (Å²) in [6, 6.07) is 9.56. The van der Waals surface area contributed by atoms with E-state index in [1.165, 1.54) is 0 Å². The fourth-order valence-electron chi connectivity index (χ4n) is 1.82. The number of hydrogen-bond donors (Lipinski definition) is 2. The minimum atomic E-state index is -0.690. The lowest BCUT2D eigenvalue weighted by molar-refractivity contribution is 0.145. The van der Waals surface area contributed by atoms with Crippen LogP contribution in [0, 0.1) is 0 Å². The van der Waals surface area contributed by atoms with Crippen molar-refractivity contribution >= 4 is 0 Å². The summed E-state index contributed by atoms with van der Waals surface area (Å²) in [4.78, 5) is 4.34. The molecule has 0 aliphatic rings. The summed E-state index contributed by atoms with van der Waals surface area (Å²) in [5.41, 5.74) is 7.45. The van der Waals surface area contributed by atoms with Crippen molar-refractivity contribution in [2.45, 2.75) is 19.1 Å². The van der Waals surface area contributed by atoms with Crippen molar-refractivity contribution in [2.75, 3.05) is 0 Å². The molecule has 0 aliphatic carbocycles. The molecule has 0 fully saturated rings. The van der Waals surface area contributed by atoms with E-state index in [-0.39, 0.29) is 6.04 Å². The first kappa shape index (κ1) is 11.8. The summed E-state index contributed by atoms with van der Waals surface area (Å²) in [5, 5.41) is 9.95. The molecule has 2 aromatic rings. The molecule has 4 nitrogen and oxygen atoms in total. The summed E-state index contributed by atoms with van der Waals surface area (Å²) in [5.74, 6) is 0.834. The second-order valence-corrected chi connectivity index (χ2v) is 4.24. The number of imidazole rings is 1. The van der Waals surface area contributed by atoms with Gasteiger partial charge in [-0.1, -0.05) is 30.3 Å². The standard InChI is InChI=1S/C13H17N3O/c1-9(14)12(17)11-8-15-13(16(11)2)10-6-4-3-5-7-10/h3-9,12,17H,14H2,1-2H3. The van der Waals surface area contributed by atoms with Crippen LogP contribution in [0.3, 0.4) is 0 Å². The van der Waals surface area contributed by atoms with Gasteiger partial charge in [0.1, 0.15) is 11.9 Å². The highest BCUT2D eigenvalue weighted by molar-refractivity contribution is 5.55. The molecule has 1 aromatic carbocycles. The van der Waals surface area contributed by atoms with E-state index in [9.17, 15) is 5.11 Å². The van der Waals surface area contributed by atoms with Crippen LogP contribution in [0.15, 0.2) is 36.5 Å². The van der Waals surface area contributed by atoms with E-state index in [1.54, 1.807) is 13.1 Å². The van der Waals surface area contributed by atoms with Crippen LogP contribution in [0.5, 0.6) is 0 Å². The van der Waals surface area contributed by atoms with Crippen LogP contribution in [-0.4, -0.2) is 20.7 Å². The molecular weight excluding hydrogens is 214 g/mol. The zero-order valence-electron chi connectivity index (χ0n) is 10.0. The van der Waals surface area contributed by atoms with Crippen molar-refractivity contribution in [3.63, 3.8) is 0 Å². The molecule has 4 heteroatoms. The Kier molecular flexibility index (Phi) is 3.26. The van der Waals surface area contributed by atoms with Crippen molar-refractivity contribution in [3.8, 4) is 11.4 Å². The summed E-state index contributed by atoms with van der Waals surface area (Å²) in [6.45, 7) is 1.78. The first-order valence-corrected chi connectivity index (χ1v) is 5.62. The van der Waals surface area contributed by atoms with Gasteiger partial charge in [-0.25, -0.2) is 4.98 Å². The van der Waals surface area contributed by atoms with Gasteiger partial charge in [-0.15, -0.1) is 0 Å². The van der Waals surface area contributed by atoms with Crippen molar-refractivity contribution < 1.29 is 5.11 Å². The second-order valence-electron chi connectivity index (χ2n) is 4.24. The maximum Gasteiger partial charge on any atom is 0.139 e. The fraction of sp³-hybridized carbons (Fsp3) is 0.308. The molecule has 0 saturated heterocycles. The molecule has 0 saturated carbocycles. The Morgan fingerprint density at radius 1 is 1.29 bits per heavy atom. The Morgan fingerprint density at radius 2 is 1.94 bits per heavy atom. The Hall–Kier alpha value is -1.65. The smallest absolute Gasteiger partial charge is 0.139 e. The Morgan fingerprint density at radius 3 is 2.53 bits per heavy atom. The van der Waals surface area contributed by atoms with Crippen LogP contribution >= 0.6 is 0 Å². The number of hydrogen-bond acceptors (Lipinski definition) is 3. The monoisotopic (exact) mass is 231 g/mol. The first-order chi connectivity index (χ1) is 8.11. The number of benzene rings is 1. The molecule has 1 aromatic heterocycles. The number of aromatic nitrogens is 2. The molecule has 0 spiro atoms. The van der Waals surface area contributed by atoms with E-state index < -0.39 is 6.10 Å². The lowest BCUT2D eigenvalue weighted by Crippen LogP contribution is -2.26. The van der Waals surface area contributed by atoms with E-state index in [4.69, 9.17) is 5.73 Å². The van der Waals surface area contributed by atoms with Crippen LogP contribution in [0.4, 0.5) is 0 Å². The lowest BCUT2D eigenvalue weighted by Gasteiger charge is -2.15. The van der Waals surface area contributed by atoms with Crippen molar-refractivity contribution in [1.29, 1.82) is 0 Å². The molecular formula is C13H17N3O. The Labute approximate surface area is 101 Å². The van der Waals surface area contributed by atoms with Crippen LogP contribution in [0.1, 0.15) is 18.7 Å². The molecule has 0 amide bonds. The van der Waals surface area contributed by atoms with Gasteiger partial charge in [0.2, 0.25) is 0 Å². The van der Waals surface area contributed by atoms with Crippen LogP contribution in [0.25, 0.3) is 11.4 Å². The maximum atomic E-state index is 9.95. The highest BCUT2D eigenvalue weighted by atomic mass is 16.3. The zero-order chi connectivity index (χ0) is 12.4. The second kappa shape index (κ2) is 4.69. The number of nitrogens with zero attached hydrogens (tertiary/aromatic N) is 2. The minimum Gasteiger partial charge on any atom is -0.385 e. The highest BCUT2D eigenvalue weighted by Crippen LogP contribution is 2.22. The normalized spacial score (nSPS) is 14.6. The maximum absolute atomic E-state index is 9.95. The summed E-state index contributed by atoms with van der Waals surface area (Å²) < 4.78 is 1.88. The quantitative estimate of drug-likeness (QED) is 0.840. The summed E-state index contributed by atoms with van der Waals surface area (Å²) >= 11 is 0. The van der Waals surface area contributed by atoms with Gasteiger partial charge in [0.15, 0.2) is 0 Å². The molecule has 17 heavy (non-hydrogen) atoms. The number of rotatable bonds is 3. The minimum absolute atomic E-state index is 0.311. The molecule has 0 bridgehead atoms. The average Bonchev–Trinajstić information content (AvgIpc) is 2.71. The van der Waals surface area contributed by atoms with Gasteiger partial charge in [-0.3, -0.25) is 0 Å². The van der Waals surface area contributed by atoms with Gasteiger partial charge in [-0.2, -0.15) is 0 Å². The molecule has 0 aliphatic heterocycles. The van der Waals surface area contributed by atoms with Crippen LogP contribution in [0.2, 0.25) is 0 Å². The lowest BCUT2D eigenvalue weighted by atomic mass is 10.1. The number of nitrogens with two attached hydrogens (primary N) is 1. The fourth-order valence-corrected chi connectivity index (χ4v) is 1.82. The zero-order valence-corrected chi connectivity index (χ0v) is 10.0. The molecule has 2 atom stereocenters. The van der Waals surface area contributed by atoms with Crippen molar-refractivity contribution in [2.24, 2.45) is 12.8 Å². The Bertz CT molecular complexity index is 491. The van der Waals surface area contributed by atoms with Gasteiger partial charge < -0.3 is 15.4 Å². The molecule has 1 heterocycles. The number of aliphatic hydroxyl groups is 1. The van der Waals surface area contributed by atoms with Gasteiger partial charge in [0, 0.05) is 18.7 Å². The molecule has 0 radical (unpaired) electrons. The SMILES string of the molecule is CC(N)C(O)c1cnc(-c2ccccc2)n1C. The predicted molar refractivity (Wildman–Crippen MR) is 67.3 cm³/mol. The van der Waals surface area contributed by atoms with E-state index in [2.05, 4.69) is 4.98 Å². The third-order valence-electron chi connectivity index (χ3n) is 2.86. The van der Waals surface area contributed by atoms with Gasteiger partial charge in [0.05, 0.1) is 11.9 Å². The molecule has 3 N–H and O–H groups in total. The third kappa shape index (κ3) is 2.23. The van der Waals surface area contributed by atoms with Crippen LogP contribution < -0.4 is 5.73 Å². The average molecular weight is 231 g/mol. The molecule has 2 unspecified atom stereocenters. The molecule has 2 rings (SSSR count). The topological polar surface area (TPSA) is 64.1 Å². The van der Waals surface area contributed by atoms with E-state index in [1.807, 2.05) is 41.9 Å². The van der Waals surface area contributed by atoms with E-state index >= 15 is 0 Å². The Balaban J connectivity index is 2.40. The first-order valence-electron chi connectivity index (χ1n) is 5.62. The van der Waals surface area contributed by atoms with Gasteiger partial charge >= 0.3 is 0 Å². The van der Waals surface area contributed by atoms with Crippen molar-refractivity contribution in [3.05, 3.63) is 42.2 Å². The van der Waals surface area contributed by atoms with Gasteiger partial charge in [-0.05, 0) is 6.92 Å². The predicted octanol–water partition coefficient (Wildman–Crippen LogP) is 1.47.